The molecule has 2 N–H and O–H groups in total. The van der Waals surface area contributed by atoms with E-state index in [0.717, 1.165) is 0 Å². The summed E-state index contributed by atoms with van der Waals surface area (Å²) < 4.78 is 36.4. The van der Waals surface area contributed by atoms with Crippen LogP contribution < -0.4 is 4.72 Å². The molecule has 0 aromatic heterocycles. The fourth-order valence-electron chi connectivity index (χ4n) is 0.878. The maximum absolute atomic E-state index is 11.9. The van der Waals surface area contributed by atoms with Gasteiger partial charge >= 0.3 is 0 Å². The summed E-state index contributed by atoms with van der Waals surface area (Å²) >= 11 is 0. The van der Waals surface area contributed by atoms with Crippen molar-refractivity contribution in [1.82, 2.24) is 4.72 Å². The van der Waals surface area contributed by atoms with E-state index in [-0.39, 0.29) is 4.90 Å². The molecule has 0 saturated carbocycles. The number of hydrogen-bond donors (Lipinski definition) is 2. The highest BCUT2D eigenvalue weighted by atomic mass is 32.2. The van der Waals surface area contributed by atoms with E-state index in [2.05, 4.69) is 0 Å². The molecule has 0 heterocycles. The molecule has 1 unspecified atom stereocenters. The van der Waals surface area contributed by atoms with Gasteiger partial charge in [-0.15, -0.1) is 0 Å². The molecular formula is C8H10FNO3S. The topological polar surface area (TPSA) is 66.4 Å². The molecule has 1 rings (SSSR count). The Morgan fingerprint density at radius 2 is 1.93 bits per heavy atom. The van der Waals surface area contributed by atoms with Crippen molar-refractivity contribution in [2.24, 2.45) is 0 Å². The van der Waals surface area contributed by atoms with Gasteiger partial charge in [0.15, 0.2) is 0 Å². The summed E-state index contributed by atoms with van der Waals surface area (Å²) in [6.07, 6.45) is -1.69. The number of halogens is 1. The van der Waals surface area contributed by atoms with Crippen LogP contribution in [0.4, 0.5) is 4.39 Å². The van der Waals surface area contributed by atoms with Crippen molar-refractivity contribution >= 4 is 10.0 Å². The molecule has 0 amide bonds. The number of rotatable bonds is 4. The summed E-state index contributed by atoms with van der Waals surface area (Å²) in [7, 11) is -3.81. The summed E-state index contributed by atoms with van der Waals surface area (Å²) in [6.45, 7) is -1.16. The predicted octanol–water partition coefficient (Wildman–Crippen LogP) is 0.253. The van der Waals surface area contributed by atoms with Crippen LogP contribution in [0.3, 0.4) is 0 Å². The van der Waals surface area contributed by atoms with Crippen LogP contribution >= 0.6 is 0 Å². The van der Waals surface area contributed by atoms with Gasteiger partial charge in [-0.3, -0.25) is 0 Å². The van der Waals surface area contributed by atoms with Crippen molar-refractivity contribution in [2.45, 2.75) is 11.1 Å². The number of alkyl halides is 1. The summed E-state index contributed by atoms with van der Waals surface area (Å²) in [6, 6.07) is 7.44. The highest BCUT2D eigenvalue weighted by molar-refractivity contribution is 7.89. The molecule has 0 fully saturated rings. The number of aliphatic hydroxyl groups excluding tert-OH is 1. The van der Waals surface area contributed by atoms with Crippen LogP contribution in [-0.2, 0) is 10.0 Å². The third kappa shape index (κ3) is 2.76. The largest absolute Gasteiger partial charge is 0.375 e. The maximum atomic E-state index is 11.9. The third-order valence-corrected chi connectivity index (χ3v) is 2.97. The van der Waals surface area contributed by atoms with Crippen LogP contribution in [0, 0.1) is 0 Å². The molecule has 0 radical (unpaired) electrons. The zero-order valence-electron chi connectivity index (χ0n) is 7.22. The first-order valence-corrected chi connectivity index (χ1v) is 5.36. The second kappa shape index (κ2) is 4.50. The van der Waals surface area contributed by atoms with Gasteiger partial charge in [0.1, 0.15) is 12.9 Å². The van der Waals surface area contributed by atoms with Gasteiger partial charge in [-0.2, -0.15) is 4.72 Å². The summed E-state index contributed by atoms with van der Waals surface area (Å²) in [4.78, 5) is -0.00694. The molecule has 1 aromatic rings. The highest BCUT2D eigenvalue weighted by Gasteiger charge is 2.17. The molecule has 0 aliphatic heterocycles. The fraction of sp³-hybridized carbons (Fsp3) is 0.250. The first-order chi connectivity index (χ1) is 6.56. The first kappa shape index (κ1) is 11.1. The Kier molecular flexibility index (Phi) is 3.56. The lowest BCUT2D eigenvalue weighted by atomic mass is 10.4. The molecule has 0 saturated heterocycles. The van der Waals surface area contributed by atoms with Crippen molar-refractivity contribution in [2.75, 3.05) is 6.67 Å². The molecule has 6 heteroatoms. The van der Waals surface area contributed by atoms with Gasteiger partial charge in [-0.05, 0) is 12.1 Å². The van der Waals surface area contributed by atoms with E-state index in [4.69, 9.17) is 5.11 Å². The van der Waals surface area contributed by atoms with Crippen molar-refractivity contribution < 1.29 is 17.9 Å². The second-order valence-electron chi connectivity index (χ2n) is 2.60. The van der Waals surface area contributed by atoms with Crippen LogP contribution in [0.2, 0.25) is 0 Å². The average molecular weight is 219 g/mol. The molecule has 0 aliphatic carbocycles. The number of benzene rings is 1. The van der Waals surface area contributed by atoms with Crippen LogP contribution in [0.5, 0.6) is 0 Å². The molecular weight excluding hydrogens is 209 g/mol. The van der Waals surface area contributed by atoms with Crippen molar-refractivity contribution in [1.29, 1.82) is 0 Å². The van der Waals surface area contributed by atoms with Gasteiger partial charge in [0, 0.05) is 0 Å². The Morgan fingerprint density at radius 3 is 2.43 bits per heavy atom. The Morgan fingerprint density at radius 1 is 1.36 bits per heavy atom. The average Bonchev–Trinajstić information content (AvgIpc) is 2.18. The van der Waals surface area contributed by atoms with Gasteiger partial charge in [0.25, 0.3) is 0 Å². The molecule has 4 nitrogen and oxygen atoms in total. The Labute approximate surface area is 81.4 Å². The van der Waals surface area contributed by atoms with E-state index in [1.807, 2.05) is 0 Å². The lowest BCUT2D eigenvalue weighted by Crippen LogP contribution is -2.35. The summed E-state index contributed by atoms with van der Waals surface area (Å²) in [5, 5.41) is 8.79. The van der Waals surface area contributed by atoms with Gasteiger partial charge in [0.05, 0.1) is 4.90 Å². The predicted molar refractivity (Wildman–Crippen MR) is 48.7 cm³/mol. The van der Waals surface area contributed by atoms with Crippen LogP contribution in [0.25, 0.3) is 0 Å². The second-order valence-corrected chi connectivity index (χ2v) is 4.32. The van der Waals surface area contributed by atoms with E-state index >= 15 is 0 Å². The van der Waals surface area contributed by atoms with E-state index in [1.165, 1.54) is 24.3 Å². The van der Waals surface area contributed by atoms with Crippen LogP contribution in [-0.4, -0.2) is 26.4 Å². The lowest BCUT2D eigenvalue weighted by molar-refractivity contribution is 0.129. The minimum Gasteiger partial charge on any atom is -0.375 e. The van der Waals surface area contributed by atoms with E-state index in [0.29, 0.717) is 0 Å². The highest BCUT2D eigenvalue weighted by Crippen LogP contribution is 2.07. The maximum Gasteiger partial charge on any atom is 0.242 e. The van der Waals surface area contributed by atoms with E-state index < -0.39 is 22.9 Å². The van der Waals surface area contributed by atoms with Crippen LogP contribution in [0.15, 0.2) is 35.2 Å². The smallest absolute Gasteiger partial charge is 0.242 e. The SMILES string of the molecule is O=S(=O)(NC(O)CF)c1ccccc1. The Balaban J connectivity index is 2.87. The normalized spacial score (nSPS) is 13.9. The summed E-state index contributed by atoms with van der Waals surface area (Å²) in [5.74, 6) is 0. The standard InChI is InChI=1S/C8H10FNO3S/c9-6-8(11)10-14(12,13)7-4-2-1-3-5-7/h1-5,8,10-11H,6H2. The minimum absolute atomic E-state index is 0.00694. The van der Waals surface area contributed by atoms with Gasteiger partial charge in [-0.25, -0.2) is 12.8 Å². The first-order valence-electron chi connectivity index (χ1n) is 3.87. The van der Waals surface area contributed by atoms with Crippen molar-refractivity contribution in [3.8, 4) is 0 Å². The molecule has 78 valence electrons. The number of nitrogens with one attached hydrogen (secondary N) is 1. The quantitative estimate of drug-likeness (QED) is 0.713. The molecule has 1 atom stereocenters. The molecule has 0 bridgehead atoms. The Hall–Kier alpha value is -0.980. The zero-order chi connectivity index (χ0) is 10.6. The van der Waals surface area contributed by atoms with Crippen molar-refractivity contribution in [3.05, 3.63) is 30.3 Å². The number of aliphatic hydroxyl groups is 1. The van der Waals surface area contributed by atoms with E-state index in [1.54, 1.807) is 10.8 Å². The van der Waals surface area contributed by atoms with Gasteiger partial charge in [-0.1, -0.05) is 18.2 Å². The monoisotopic (exact) mass is 219 g/mol. The molecule has 0 aliphatic rings. The molecule has 14 heavy (non-hydrogen) atoms. The third-order valence-electron chi connectivity index (χ3n) is 1.49. The molecule has 0 spiro atoms. The Bertz CT molecular complexity index is 379. The minimum atomic E-state index is -3.81. The fourth-order valence-corrected chi connectivity index (χ4v) is 1.95. The summed E-state index contributed by atoms with van der Waals surface area (Å²) in [5.41, 5.74) is 0. The number of hydrogen-bond acceptors (Lipinski definition) is 3. The number of sulfonamides is 1. The zero-order valence-corrected chi connectivity index (χ0v) is 8.04. The van der Waals surface area contributed by atoms with Crippen LogP contribution in [0.1, 0.15) is 0 Å². The van der Waals surface area contributed by atoms with E-state index in [9.17, 15) is 12.8 Å². The van der Waals surface area contributed by atoms with Gasteiger partial charge in [0.2, 0.25) is 10.0 Å². The van der Waals surface area contributed by atoms with Crippen molar-refractivity contribution in [3.63, 3.8) is 0 Å². The molecule has 1 aromatic carbocycles. The van der Waals surface area contributed by atoms with Gasteiger partial charge < -0.3 is 5.11 Å². The lowest BCUT2D eigenvalue weighted by Gasteiger charge is -2.09.